The highest BCUT2D eigenvalue weighted by Crippen LogP contribution is 2.20. The number of phenolic OH excluding ortho intramolecular Hbond substituents is 1. The minimum absolute atomic E-state index is 0.0138. The second kappa shape index (κ2) is 7.50. The highest BCUT2D eigenvalue weighted by molar-refractivity contribution is 5.77. The Balaban J connectivity index is 1.74. The summed E-state index contributed by atoms with van der Waals surface area (Å²) in [5.74, 6) is 0.850. The van der Waals surface area contributed by atoms with Crippen molar-refractivity contribution in [3.05, 3.63) is 59.2 Å². The van der Waals surface area contributed by atoms with E-state index in [-0.39, 0.29) is 18.3 Å². The quantitative estimate of drug-likeness (QED) is 0.862. The monoisotopic (exact) mass is 299 g/mol. The van der Waals surface area contributed by atoms with Gasteiger partial charge in [0.25, 0.3) is 5.91 Å². The van der Waals surface area contributed by atoms with Crippen LogP contribution in [0, 0.1) is 13.8 Å². The van der Waals surface area contributed by atoms with E-state index in [0.29, 0.717) is 6.54 Å². The molecule has 0 saturated heterocycles. The van der Waals surface area contributed by atoms with Crippen LogP contribution in [0.1, 0.15) is 16.7 Å². The number of amides is 1. The number of phenols is 1. The van der Waals surface area contributed by atoms with Crippen LogP contribution in [0.15, 0.2) is 42.5 Å². The molecule has 2 N–H and O–H groups in total. The molecule has 0 fully saturated rings. The highest BCUT2D eigenvalue weighted by atomic mass is 16.5. The van der Waals surface area contributed by atoms with Crippen molar-refractivity contribution in [1.82, 2.24) is 5.32 Å². The minimum atomic E-state index is -0.139. The van der Waals surface area contributed by atoms with E-state index in [1.165, 1.54) is 0 Å². The second-order valence-electron chi connectivity index (χ2n) is 5.25. The van der Waals surface area contributed by atoms with E-state index >= 15 is 0 Å². The number of hydrogen-bond acceptors (Lipinski definition) is 3. The third-order valence-electron chi connectivity index (χ3n) is 3.59. The summed E-state index contributed by atoms with van der Waals surface area (Å²) < 4.78 is 5.55. The van der Waals surface area contributed by atoms with E-state index in [0.717, 1.165) is 28.9 Å². The lowest BCUT2D eigenvalue weighted by Gasteiger charge is -2.11. The Kier molecular flexibility index (Phi) is 5.42. The number of benzene rings is 2. The van der Waals surface area contributed by atoms with E-state index in [1.54, 1.807) is 12.1 Å². The third kappa shape index (κ3) is 4.52. The second-order valence-corrected chi connectivity index (χ2v) is 5.25. The summed E-state index contributed by atoms with van der Waals surface area (Å²) in [6, 6.07) is 12.8. The third-order valence-corrected chi connectivity index (χ3v) is 3.59. The van der Waals surface area contributed by atoms with Gasteiger partial charge in [0, 0.05) is 6.54 Å². The topological polar surface area (TPSA) is 58.6 Å². The SMILES string of the molecule is Cc1cccc(OCC(=O)NCCc2ccc(O)cc2)c1C. The lowest BCUT2D eigenvalue weighted by molar-refractivity contribution is -0.123. The van der Waals surface area contributed by atoms with E-state index in [1.807, 2.05) is 44.2 Å². The molecule has 2 aromatic carbocycles. The first kappa shape index (κ1) is 15.9. The summed E-state index contributed by atoms with van der Waals surface area (Å²) >= 11 is 0. The van der Waals surface area contributed by atoms with Gasteiger partial charge in [-0.25, -0.2) is 0 Å². The van der Waals surface area contributed by atoms with Crippen LogP contribution in [0.3, 0.4) is 0 Å². The first-order chi connectivity index (χ1) is 10.6. The van der Waals surface area contributed by atoms with E-state index in [4.69, 9.17) is 4.74 Å². The van der Waals surface area contributed by atoms with Crippen LogP contribution in [-0.4, -0.2) is 24.2 Å². The molecule has 0 aromatic heterocycles. The molecular weight excluding hydrogens is 278 g/mol. The van der Waals surface area contributed by atoms with Crippen molar-refractivity contribution in [2.24, 2.45) is 0 Å². The van der Waals surface area contributed by atoms with Gasteiger partial charge in [-0.15, -0.1) is 0 Å². The Morgan fingerprint density at radius 3 is 2.59 bits per heavy atom. The molecular formula is C18H21NO3. The predicted octanol–water partition coefficient (Wildman–Crippen LogP) is 2.75. The zero-order chi connectivity index (χ0) is 15.9. The fourth-order valence-corrected chi connectivity index (χ4v) is 2.08. The van der Waals surface area contributed by atoms with Crippen molar-refractivity contribution in [2.45, 2.75) is 20.3 Å². The standard InChI is InChI=1S/C18H21NO3/c1-13-4-3-5-17(14(13)2)22-12-18(21)19-11-10-15-6-8-16(20)9-7-15/h3-9,20H,10-12H2,1-2H3,(H,19,21). The maximum Gasteiger partial charge on any atom is 0.257 e. The fraction of sp³-hybridized carbons (Fsp3) is 0.278. The van der Waals surface area contributed by atoms with Gasteiger partial charge in [0.1, 0.15) is 11.5 Å². The number of aryl methyl sites for hydroxylation is 1. The molecule has 116 valence electrons. The van der Waals surface area contributed by atoms with Gasteiger partial charge in [0.15, 0.2) is 6.61 Å². The van der Waals surface area contributed by atoms with Gasteiger partial charge in [-0.3, -0.25) is 4.79 Å². The maximum absolute atomic E-state index is 11.8. The minimum Gasteiger partial charge on any atom is -0.508 e. The van der Waals surface area contributed by atoms with E-state index < -0.39 is 0 Å². The zero-order valence-corrected chi connectivity index (χ0v) is 12.9. The number of nitrogens with one attached hydrogen (secondary N) is 1. The van der Waals surface area contributed by atoms with Crippen molar-refractivity contribution in [3.63, 3.8) is 0 Å². The Morgan fingerprint density at radius 1 is 1.14 bits per heavy atom. The molecule has 22 heavy (non-hydrogen) atoms. The lowest BCUT2D eigenvalue weighted by Crippen LogP contribution is -2.30. The molecule has 0 bridgehead atoms. The summed E-state index contributed by atoms with van der Waals surface area (Å²) in [4.78, 5) is 11.8. The van der Waals surface area contributed by atoms with Gasteiger partial charge in [-0.2, -0.15) is 0 Å². The number of ether oxygens (including phenoxy) is 1. The lowest BCUT2D eigenvalue weighted by atomic mass is 10.1. The van der Waals surface area contributed by atoms with Crippen molar-refractivity contribution in [3.8, 4) is 11.5 Å². The van der Waals surface area contributed by atoms with Gasteiger partial charge >= 0.3 is 0 Å². The normalized spacial score (nSPS) is 10.3. The van der Waals surface area contributed by atoms with Gasteiger partial charge in [0.05, 0.1) is 0 Å². The molecule has 1 amide bonds. The first-order valence-electron chi connectivity index (χ1n) is 7.30. The molecule has 4 heteroatoms. The Labute approximate surface area is 130 Å². The predicted molar refractivity (Wildman–Crippen MR) is 86.2 cm³/mol. The average Bonchev–Trinajstić information content (AvgIpc) is 2.51. The molecule has 0 heterocycles. The number of carbonyl (C=O) groups excluding carboxylic acids is 1. The van der Waals surface area contributed by atoms with Gasteiger partial charge in [-0.1, -0.05) is 24.3 Å². The van der Waals surface area contributed by atoms with Crippen LogP contribution >= 0.6 is 0 Å². The summed E-state index contributed by atoms with van der Waals surface area (Å²) in [5, 5.41) is 12.0. The van der Waals surface area contributed by atoms with Crippen molar-refractivity contribution in [1.29, 1.82) is 0 Å². The van der Waals surface area contributed by atoms with E-state index in [2.05, 4.69) is 5.32 Å². The van der Waals surface area contributed by atoms with Crippen molar-refractivity contribution < 1.29 is 14.6 Å². The van der Waals surface area contributed by atoms with Crippen LogP contribution in [0.4, 0.5) is 0 Å². The Hall–Kier alpha value is -2.49. The average molecular weight is 299 g/mol. The maximum atomic E-state index is 11.8. The summed E-state index contributed by atoms with van der Waals surface area (Å²) in [7, 11) is 0. The number of carbonyl (C=O) groups is 1. The van der Waals surface area contributed by atoms with E-state index in [9.17, 15) is 9.90 Å². The summed E-state index contributed by atoms with van der Waals surface area (Å²) in [6.07, 6.45) is 0.718. The van der Waals surface area contributed by atoms with Crippen LogP contribution in [0.5, 0.6) is 11.5 Å². The molecule has 4 nitrogen and oxygen atoms in total. The van der Waals surface area contributed by atoms with Crippen LogP contribution in [-0.2, 0) is 11.2 Å². The Bertz CT molecular complexity index is 635. The number of hydrogen-bond donors (Lipinski definition) is 2. The molecule has 0 aliphatic rings. The van der Waals surface area contributed by atoms with Crippen LogP contribution in [0.2, 0.25) is 0 Å². The number of aromatic hydroxyl groups is 1. The zero-order valence-electron chi connectivity index (χ0n) is 12.9. The Morgan fingerprint density at radius 2 is 1.86 bits per heavy atom. The molecule has 0 aliphatic carbocycles. The van der Waals surface area contributed by atoms with Crippen molar-refractivity contribution in [2.75, 3.05) is 13.2 Å². The molecule has 0 spiro atoms. The molecule has 2 rings (SSSR count). The first-order valence-corrected chi connectivity index (χ1v) is 7.30. The van der Waals surface area contributed by atoms with Crippen LogP contribution < -0.4 is 10.1 Å². The molecule has 0 atom stereocenters. The van der Waals surface area contributed by atoms with Gasteiger partial charge in [-0.05, 0) is 55.2 Å². The van der Waals surface area contributed by atoms with Crippen LogP contribution in [0.25, 0.3) is 0 Å². The molecule has 0 radical (unpaired) electrons. The molecule has 0 saturated carbocycles. The van der Waals surface area contributed by atoms with Crippen molar-refractivity contribution >= 4 is 5.91 Å². The molecule has 0 aliphatic heterocycles. The number of rotatable bonds is 6. The smallest absolute Gasteiger partial charge is 0.257 e. The molecule has 0 unspecified atom stereocenters. The largest absolute Gasteiger partial charge is 0.508 e. The van der Waals surface area contributed by atoms with Gasteiger partial charge < -0.3 is 15.2 Å². The van der Waals surface area contributed by atoms with Gasteiger partial charge in [0.2, 0.25) is 0 Å². The molecule has 2 aromatic rings. The fourth-order valence-electron chi connectivity index (χ4n) is 2.08. The highest BCUT2D eigenvalue weighted by Gasteiger charge is 2.05. The summed E-state index contributed by atoms with van der Waals surface area (Å²) in [6.45, 7) is 4.55. The summed E-state index contributed by atoms with van der Waals surface area (Å²) in [5.41, 5.74) is 3.26.